The van der Waals surface area contributed by atoms with Gasteiger partial charge in [0.2, 0.25) is 0 Å². The molecule has 0 aromatic rings. The summed E-state index contributed by atoms with van der Waals surface area (Å²) in [5.74, 6) is 0. The molecule has 0 unspecified atom stereocenters. The Kier molecular flexibility index (Phi) is 3.33. The van der Waals surface area contributed by atoms with Crippen molar-refractivity contribution in [3.8, 4) is 0 Å². The summed E-state index contributed by atoms with van der Waals surface area (Å²) in [7, 11) is 0. The molecule has 0 bridgehead atoms. The summed E-state index contributed by atoms with van der Waals surface area (Å²) in [6.07, 6.45) is -2.32. The van der Waals surface area contributed by atoms with E-state index in [0.717, 1.165) is 0 Å². The molecule has 0 fully saturated rings. The maximum Gasteiger partial charge on any atom is 0.550 e. The van der Waals surface area contributed by atoms with Gasteiger partial charge in [-0.2, -0.15) is 4.79 Å². The van der Waals surface area contributed by atoms with Crippen LogP contribution >= 0.6 is 0 Å². The van der Waals surface area contributed by atoms with Crippen LogP contribution in [-0.2, 0) is 14.5 Å². The second-order valence-electron chi connectivity index (χ2n) is 2.95. The van der Waals surface area contributed by atoms with Crippen molar-refractivity contribution < 1.29 is 24.1 Å². The van der Waals surface area contributed by atoms with Crippen LogP contribution in [0.25, 0.3) is 0 Å². The lowest BCUT2D eigenvalue weighted by molar-refractivity contribution is -0.206. The van der Waals surface area contributed by atoms with Gasteiger partial charge in [-0.05, 0) is 20.8 Å². The van der Waals surface area contributed by atoms with Crippen molar-refractivity contribution in [2.75, 3.05) is 0 Å². The number of carbonyl (C=O) groups is 2. The molecular weight excluding hydrogens is 166 g/mol. The smallest absolute Gasteiger partial charge is 0.426 e. The number of amides is 1. The minimum absolute atomic E-state index is 0.696. The molecule has 0 heterocycles. The van der Waals surface area contributed by atoms with Gasteiger partial charge in [-0.1, -0.05) is 0 Å². The van der Waals surface area contributed by atoms with E-state index in [2.05, 4.69) is 20.2 Å². The van der Waals surface area contributed by atoms with Crippen molar-refractivity contribution in [3.63, 3.8) is 0 Å². The minimum Gasteiger partial charge on any atom is -0.426 e. The van der Waals surface area contributed by atoms with Gasteiger partial charge in [0.1, 0.15) is 5.60 Å². The van der Waals surface area contributed by atoms with Gasteiger partial charge >= 0.3 is 12.2 Å². The van der Waals surface area contributed by atoms with Crippen LogP contribution in [0.4, 0.5) is 9.59 Å². The van der Waals surface area contributed by atoms with Crippen LogP contribution in [0.15, 0.2) is 0 Å². The number of primary amides is 1. The average Bonchev–Trinajstić information content (AvgIpc) is 1.79. The first kappa shape index (κ1) is 10.5. The van der Waals surface area contributed by atoms with Gasteiger partial charge < -0.3 is 10.5 Å². The summed E-state index contributed by atoms with van der Waals surface area (Å²) >= 11 is 0. The first-order chi connectivity index (χ1) is 5.31. The predicted octanol–water partition coefficient (Wildman–Crippen LogP) is 0.948. The van der Waals surface area contributed by atoms with E-state index in [-0.39, 0.29) is 0 Å². The number of carbonyl (C=O) groups excluding carboxylic acids is 2. The van der Waals surface area contributed by atoms with Gasteiger partial charge in [-0.25, -0.2) is 14.6 Å². The number of hydrogen-bond acceptors (Lipinski definition) is 5. The Morgan fingerprint density at radius 3 is 2.00 bits per heavy atom. The van der Waals surface area contributed by atoms with E-state index in [4.69, 9.17) is 0 Å². The maximum absolute atomic E-state index is 10.6. The quantitative estimate of drug-likeness (QED) is 0.338. The third kappa shape index (κ3) is 6.66. The van der Waals surface area contributed by atoms with E-state index < -0.39 is 17.8 Å². The first-order valence-corrected chi connectivity index (χ1v) is 3.18. The lowest BCUT2D eigenvalue weighted by atomic mass is 10.2. The third-order valence-corrected chi connectivity index (χ3v) is 0.581. The van der Waals surface area contributed by atoms with E-state index in [1.807, 2.05) is 0 Å². The number of nitrogens with two attached hydrogens (primary N) is 1. The summed E-state index contributed by atoms with van der Waals surface area (Å²) in [5, 5.41) is 0. The molecule has 12 heavy (non-hydrogen) atoms. The molecule has 6 nitrogen and oxygen atoms in total. The Bertz CT molecular complexity index is 183. The van der Waals surface area contributed by atoms with Crippen LogP contribution in [0.1, 0.15) is 20.8 Å². The molecule has 0 spiro atoms. The van der Waals surface area contributed by atoms with Crippen LogP contribution in [0.2, 0.25) is 0 Å². The molecule has 0 aliphatic heterocycles. The van der Waals surface area contributed by atoms with Crippen LogP contribution in [0.5, 0.6) is 0 Å². The fourth-order valence-electron chi connectivity index (χ4n) is 0.342. The van der Waals surface area contributed by atoms with Crippen LogP contribution < -0.4 is 5.73 Å². The fraction of sp³-hybridized carbons (Fsp3) is 0.667. The second-order valence-corrected chi connectivity index (χ2v) is 2.95. The Morgan fingerprint density at radius 1 is 1.17 bits per heavy atom. The van der Waals surface area contributed by atoms with Crippen molar-refractivity contribution >= 4 is 12.2 Å². The molecule has 2 N–H and O–H groups in total. The normalized spacial score (nSPS) is 10.2. The van der Waals surface area contributed by atoms with E-state index in [1.165, 1.54) is 0 Å². The summed E-state index contributed by atoms with van der Waals surface area (Å²) in [6, 6.07) is 0. The highest BCUT2D eigenvalue weighted by Gasteiger charge is 2.18. The Morgan fingerprint density at radius 2 is 1.67 bits per heavy atom. The third-order valence-electron chi connectivity index (χ3n) is 0.581. The number of ether oxygens (including phenoxy) is 1. The lowest BCUT2D eigenvalue weighted by Gasteiger charge is -2.17. The van der Waals surface area contributed by atoms with Crippen LogP contribution in [0.3, 0.4) is 0 Å². The zero-order chi connectivity index (χ0) is 9.78. The molecule has 0 aliphatic carbocycles. The van der Waals surface area contributed by atoms with Crippen molar-refractivity contribution in [2.45, 2.75) is 26.4 Å². The van der Waals surface area contributed by atoms with Crippen LogP contribution in [0, 0.1) is 0 Å². The van der Waals surface area contributed by atoms with Gasteiger partial charge in [0, 0.05) is 0 Å². The van der Waals surface area contributed by atoms with Crippen molar-refractivity contribution in [2.24, 2.45) is 5.73 Å². The minimum atomic E-state index is -1.21. The Balaban J connectivity index is 3.68. The molecule has 0 rings (SSSR count). The molecule has 0 aliphatic rings. The van der Waals surface area contributed by atoms with Gasteiger partial charge in [0.05, 0.1) is 0 Å². The Labute approximate surface area is 69.5 Å². The van der Waals surface area contributed by atoms with Crippen molar-refractivity contribution in [1.29, 1.82) is 0 Å². The molecule has 1 amide bonds. The van der Waals surface area contributed by atoms with Gasteiger partial charge in [0.25, 0.3) is 0 Å². The summed E-state index contributed by atoms with van der Waals surface area (Å²) in [4.78, 5) is 28.1. The standard InChI is InChI=1S/C6H11NO5/c1-6(2,3)10-5(9)12-11-4(7)8/h1-3H3,(H2,7,8). The molecule has 70 valence electrons. The summed E-state index contributed by atoms with van der Waals surface area (Å²) < 4.78 is 4.59. The molecule has 0 aromatic heterocycles. The van der Waals surface area contributed by atoms with E-state index in [0.29, 0.717) is 0 Å². The molecule has 0 saturated carbocycles. The van der Waals surface area contributed by atoms with Gasteiger partial charge in [-0.15, -0.1) is 0 Å². The maximum atomic E-state index is 10.6. The molecule has 0 aromatic carbocycles. The second kappa shape index (κ2) is 3.80. The van der Waals surface area contributed by atoms with Gasteiger partial charge in [0.15, 0.2) is 0 Å². The molecule has 6 heteroatoms. The van der Waals surface area contributed by atoms with Crippen molar-refractivity contribution in [3.05, 3.63) is 0 Å². The molecule has 0 saturated heterocycles. The zero-order valence-corrected chi connectivity index (χ0v) is 7.12. The van der Waals surface area contributed by atoms with E-state index in [1.54, 1.807) is 20.8 Å². The molecule has 0 radical (unpaired) electrons. The Hall–Kier alpha value is -1.46. The summed E-state index contributed by atoms with van der Waals surface area (Å²) in [6.45, 7) is 4.91. The zero-order valence-electron chi connectivity index (χ0n) is 7.12. The monoisotopic (exact) mass is 177 g/mol. The highest BCUT2D eigenvalue weighted by Crippen LogP contribution is 2.07. The fourth-order valence-corrected chi connectivity index (χ4v) is 0.342. The first-order valence-electron chi connectivity index (χ1n) is 3.18. The van der Waals surface area contributed by atoms with E-state index >= 15 is 0 Å². The van der Waals surface area contributed by atoms with Crippen molar-refractivity contribution in [1.82, 2.24) is 0 Å². The summed E-state index contributed by atoms with van der Waals surface area (Å²) in [5.41, 5.74) is 3.81. The van der Waals surface area contributed by atoms with E-state index in [9.17, 15) is 9.59 Å². The highest BCUT2D eigenvalue weighted by atomic mass is 17.2. The topological polar surface area (TPSA) is 87.8 Å². The number of hydrogen-bond donors (Lipinski definition) is 1. The SMILES string of the molecule is CC(C)(C)OC(=O)OOC(N)=O. The molecular formula is C6H11NO5. The van der Waals surface area contributed by atoms with Crippen LogP contribution in [-0.4, -0.2) is 17.8 Å². The lowest BCUT2D eigenvalue weighted by Crippen LogP contribution is -2.26. The number of rotatable bonds is 0. The molecule has 0 atom stereocenters. The average molecular weight is 177 g/mol. The largest absolute Gasteiger partial charge is 0.550 e. The van der Waals surface area contributed by atoms with Gasteiger partial charge in [-0.3, -0.25) is 0 Å². The predicted molar refractivity (Wildman–Crippen MR) is 38.0 cm³/mol. The highest BCUT2D eigenvalue weighted by molar-refractivity contribution is 5.66.